The third-order valence-corrected chi connectivity index (χ3v) is 7.80. The van der Waals surface area contributed by atoms with Gasteiger partial charge in [-0.05, 0) is 59.6 Å². The zero-order chi connectivity index (χ0) is 26.9. The molecule has 1 heterocycles. The van der Waals surface area contributed by atoms with Crippen LogP contribution in [0.15, 0.2) is 71.1 Å². The van der Waals surface area contributed by atoms with Crippen molar-refractivity contribution in [2.24, 2.45) is 10.8 Å². The Balaban J connectivity index is 1.83. The van der Waals surface area contributed by atoms with E-state index in [1.807, 2.05) is 39.8 Å². The van der Waals surface area contributed by atoms with Crippen LogP contribution in [0.3, 0.4) is 0 Å². The summed E-state index contributed by atoms with van der Waals surface area (Å²) in [6, 6.07) is 12.3. The fourth-order valence-electron chi connectivity index (χ4n) is 6.09. The van der Waals surface area contributed by atoms with Crippen LogP contribution in [-0.2, 0) is 15.8 Å². The van der Waals surface area contributed by atoms with Crippen molar-refractivity contribution in [2.75, 3.05) is 4.90 Å². The predicted molar refractivity (Wildman–Crippen MR) is 138 cm³/mol. The quantitative estimate of drug-likeness (QED) is 0.394. The normalized spacial score (nSPS) is 21.8. The summed E-state index contributed by atoms with van der Waals surface area (Å²) in [5.41, 5.74) is 1.96. The highest BCUT2D eigenvalue weighted by molar-refractivity contribution is 6.30. The van der Waals surface area contributed by atoms with E-state index in [2.05, 4.69) is 0 Å². The van der Waals surface area contributed by atoms with Gasteiger partial charge in [-0.15, -0.1) is 0 Å². The van der Waals surface area contributed by atoms with Crippen molar-refractivity contribution in [1.82, 2.24) is 0 Å². The van der Waals surface area contributed by atoms with E-state index in [9.17, 15) is 22.8 Å². The van der Waals surface area contributed by atoms with Gasteiger partial charge in [0.1, 0.15) is 0 Å². The number of carbonyl (C=O) groups excluding carboxylic acids is 2. The van der Waals surface area contributed by atoms with E-state index in [4.69, 9.17) is 11.6 Å². The summed E-state index contributed by atoms with van der Waals surface area (Å²) in [4.78, 5) is 29.4. The molecule has 0 N–H and O–H groups in total. The number of benzene rings is 2. The lowest BCUT2D eigenvalue weighted by Gasteiger charge is -2.49. The van der Waals surface area contributed by atoms with Crippen molar-refractivity contribution in [3.05, 3.63) is 87.2 Å². The molecule has 1 aliphatic heterocycles. The lowest BCUT2D eigenvalue weighted by Crippen LogP contribution is -2.44. The Hall–Kier alpha value is -2.86. The van der Waals surface area contributed by atoms with Gasteiger partial charge in [0.05, 0.1) is 5.56 Å². The van der Waals surface area contributed by atoms with Gasteiger partial charge in [0.2, 0.25) is 0 Å². The van der Waals surface area contributed by atoms with Gasteiger partial charge in [0, 0.05) is 52.0 Å². The van der Waals surface area contributed by atoms with Crippen LogP contribution in [0.2, 0.25) is 5.02 Å². The Morgan fingerprint density at radius 3 is 1.81 bits per heavy atom. The molecule has 0 spiro atoms. The molecule has 0 saturated carbocycles. The van der Waals surface area contributed by atoms with E-state index in [0.29, 0.717) is 58.9 Å². The minimum Gasteiger partial charge on any atom is -0.317 e. The Morgan fingerprint density at radius 2 is 1.32 bits per heavy atom. The number of hydrogen-bond donors (Lipinski definition) is 0. The Bertz CT molecular complexity index is 1310. The van der Waals surface area contributed by atoms with E-state index in [-0.39, 0.29) is 22.4 Å². The number of rotatable bonds is 2. The SMILES string of the molecule is CC1(C)CC(=O)C2=C(C1)N(c1cccc(C(F)(F)F)c1)C1=C(C(=O)CC(C)(C)C1)C2c1ccc(Cl)cc1. The molecule has 2 aliphatic carbocycles. The molecular weight excluding hydrogens is 499 g/mol. The second-order valence-electron chi connectivity index (χ2n) is 12.0. The summed E-state index contributed by atoms with van der Waals surface area (Å²) < 4.78 is 41.2. The first-order valence-corrected chi connectivity index (χ1v) is 12.8. The first-order chi connectivity index (χ1) is 17.2. The molecule has 0 radical (unpaired) electrons. The van der Waals surface area contributed by atoms with Crippen LogP contribution >= 0.6 is 11.6 Å². The van der Waals surface area contributed by atoms with Crippen molar-refractivity contribution < 1.29 is 22.8 Å². The Labute approximate surface area is 220 Å². The maximum absolute atomic E-state index is 13.8. The highest BCUT2D eigenvalue weighted by atomic mass is 35.5. The van der Waals surface area contributed by atoms with Crippen LogP contribution in [0.25, 0.3) is 0 Å². The number of hydrogen-bond acceptors (Lipinski definition) is 3. The topological polar surface area (TPSA) is 37.4 Å². The first kappa shape index (κ1) is 25.8. The van der Waals surface area contributed by atoms with Crippen molar-refractivity contribution in [3.63, 3.8) is 0 Å². The second-order valence-corrected chi connectivity index (χ2v) is 12.4. The zero-order valence-electron chi connectivity index (χ0n) is 21.3. The van der Waals surface area contributed by atoms with E-state index in [1.54, 1.807) is 23.1 Å². The Kier molecular flexibility index (Phi) is 5.98. The summed E-state index contributed by atoms with van der Waals surface area (Å²) in [5.74, 6) is -0.726. The first-order valence-electron chi connectivity index (χ1n) is 12.4. The van der Waals surface area contributed by atoms with Gasteiger partial charge in [-0.2, -0.15) is 13.2 Å². The van der Waals surface area contributed by atoms with Gasteiger partial charge in [-0.25, -0.2) is 0 Å². The van der Waals surface area contributed by atoms with Gasteiger partial charge in [-0.3, -0.25) is 9.59 Å². The maximum atomic E-state index is 13.8. The van der Waals surface area contributed by atoms with E-state index in [1.165, 1.54) is 6.07 Å². The molecule has 0 amide bonds. The maximum Gasteiger partial charge on any atom is 0.416 e. The number of carbonyl (C=O) groups is 2. The summed E-state index contributed by atoms with van der Waals surface area (Å²) in [6.45, 7) is 7.98. The average molecular weight is 528 g/mol. The van der Waals surface area contributed by atoms with Crippen LogP contribution < -0.4 is 4.90 Å². The van der Waals surface area contributed by atoms with Crippen LogP contribution in [-0.4, -0.2) is 11.6 Å². The summed E-state index contributed by atoms with van der Waals surface area (Å²) in [5, 5.41) is 0.542. The van der Waals surface area contributed by atoms with Crippen molar-refractivity contribution >= 4 is 28.9 Å². The lowest BCUT2D eigenvalue weighted by atomic mass is 9.63. The van der Waals surface area contributed by atoms with Crippen LogP contribution in [0.1, 0.15) is 70.4 Å². The molecule has 2 aromatic carbocycles. The number of halogens is 4. The van der Waals surface area contributed by atoms with Crippen LogP contribution in [0, 0.1) is 10.8 Å². The molecule has 0 fully saturated rings. The van der Waals surface area contributed by atoms with Gasteiger partial charge in [0.15, 0.2) is 11.6 Å². The van der Waals surface area contributed by atoms with Crippen molar-refractivity contribution in [2.45, 2.75) is 65.5 Å². The van der Waals surface area contributed by atoms with Gasteiger partial charge in [0.25, 0.3) is 0 Å². The highest BCUT2D eigenvalue weighted by Crippen LogP contribution is 2.55. The summed E-state index contributed by atoms with van der Waals surface area (Å²) in [7, 11) is 0. The number of alkyl halides is 3. The van der Waals surface area contributed by atoms with E-state index >= 15 is 0 Å². The molecule has 3 aliphatic rings. The predicted octanol–water partition coefficient (Wildman–Crippen LogP) is 8.25. The lowest BCUT2D eigenvalue weighted by molar-refractivity contribution is -0.137. The van der Waals surface area contributed by atoms with E-state index < -0.39 is 17.7 Å². The standard InChI is InChI=1S/C30H29ClF3NO2/c1-28(2)13-21-26(23(36)15-28)25(17-8-10-19(31)11-9-17)27-22(14-29(3,4)16-24(27)37)35(21)20-7-5-6-18(12-20)30(32,33)34/h5-12,25H,13-16H2,1-4H3. The fraction of sp³-hybridized carbons (Fsp3) is 0.400. The number of anilines is 1. The van der Waals surface area contributed by atoms with E-state index in [0.717, 1.165) is 17.7 Å². The number of allylic oxidation sites excluding steroid dienone is 4. The van der Waals surface area contributed by atoms with Gasteiger partial charge in [-0.1, -0.05) is 57.5 Å². The molecule has 194 valence electrons. The minimum atomic E-state index is -4.52. The van der Waals surface area contributed by atoms with Crippen molar-refractivity contribution in [3.8, 4) is 0 Å². The average Bonchev–Trinajstić information content (AvgIpc) is 2.76. The van der Waals surface area contributed by atoms with Gasteiger partial charge < -0.3 is 4.90 Å². The molecule has 0 saturated heterocycles. The molecule has 0 aromatic heterocycles. The number of Topliss-reactive ketones (excluding diaryl/α,β-unsaturated/α-hetero) is 2. The monoisotopic (exact) mass is 527 g/mol. The third-order valence-electron chi connectivity index (χ3n) is 7.55. The zero-order valence-corrected chi connectivity index (χ0v) is 22.1. The number of nitrogens with zero attached hydrogens (tertiary/aromatic N) is 1. The fourth-order valence-corrected chi connectivity index (χ4v) is 6.21. The molecule has 0 bridgehead atoms. The minimum absolute atomic E-state index is 0.0765. The second kappa shape index (κ2) is 8.59. The van der Waals surface area contributed by atoms with Crippen LogP contribution in [0.5, 0.6) is 0 Å². The van der Waals surface area contributed by atoms with Crippen LogP contribution in [0.4, 0.5) is 18.9 Å². The molecule has 0 unspecified atom stereocenters. The molecule has 5 rings (SSSR count). The molecule has 7 heteroatoms. The summed E-state index contributed by atoms with van der Waals surface area (Å²) >= 11 is 6.15. The third kappa shape index (κ3) is 4.65. The molecule has 0 atom stereocenters. The number of ketones is 2. The highest BCUT2D eigenvalue weighted by Gasteiger charge is 2.49. The smallest absolute Gasteiger partial charge is 0.317 e. The summed E-state index contributed by atoms with van der Waals surface area (Å²) in [6.07, 6.45) is -2.92. The Morgan fingerprint density at radius 1 is 0.811 bits per heavy atom. The molecule has 37 heavy (non-hydrogen) atoms. The van der Waals surface area contributed by atoms with Crippen molar-refractivity contribution in [1.29, 1.82) is 0 Å². The molecule has 2 aromatic rings. The van der Waals surface area contributed by atoms with Gasteiger partial charge >= 0.3 is 6.18 Å². The molecular formula is C30H29ClF3NO2. The molecule has 3 nitrogen and oxygen atoms in total. The largest absolute Gasteiger partial charge is 0.416 e.